The lowest BCUT2D eigenvalue weighted by molar-refractivity contribution is -0.247. The van der Waals surface area contributed by atoms with Gasteiger partial charge in [-0.2, -0.15) is 0 Å². The standard InChI is InChI=1S/C20H21IO5/c1-12(22)25-15-5-3-13-2-4-14-6-7-20(23-10-11-24-20)18-19(14,8-9-21)16(13)17(15)26-18/h2-5,14,18H,6-11H2,1H3/t14?,18-,19+/m1/s1. The molecular formula is C20H21IO5. The number of fused-ring (bicyclic) bond motifs is 1. The van der Waals surface area contributed by atoms with Crippen LogP contribution in [0.3, 0.4) is 0 Å². The Hall–Kier alpha value is -1.12. The minimum Gasteiger partial charge on any atom is -0.480 e. The molecule has 138 valence electrons. The smallest absolute Gasteiger partial charge is 0.308 e. The summed E-state index contributed by atoms with van der Waals surface area (Å²) in [6.45, 7) is 2.61. The van der Waals surface area contributed by atoms with E-state index in [1.807, 2.05) is 12.1 Å². The SMILES string of the molecule is CC(=O)Oc1ccc2c3c1O[C@H]1C4(CCC(C=C2)[C@@]31CCI)OCCO4. The average molecular weight is 468 g/mol. The summed E-state index contributed by atoms with van der Waals surface area (Å²) in [4.78, 5) is 11.6. The zero-order valence-electron chi connectivity index (χ0n) is 14.6. The molecule has 0 radical (unpaired) electrons. The Labute approximate surface area is 166 Å². The third-order valence-electron chi connectivity index (χ3n) is 6.23. The first kappa shape index (κ1) is 17.0. The topological polar surface area (TPSA) is 54.0 Å². The van der Waals surface area contributed by atoms with Crippen LogP contribution in [0.1, 0.15) is 37.3 Å². The fraction of sp³-hybridized carbons (Fsp3) is 0.550. The van der Waals surface area contributed by atoms with E-state index >= 15 is 0 Å². The van der Waals surface area contributed by atoms with Crippen molar-refractivity contribution in [3.8, 4) is 11.5 Å². The van der Waals surface area contributed by atoms with Gasteiger partial charge in [0.1, 0.15) is 0 Å². The van der Waals surface area contributed by atoms with Crippen LogP contribution < -0.4 is 9.47 Å². The van der Waals surface area contributed by atoms with Crippen molar-refractivity contribution in [2.24, 2.45) is 5.92 Å². The Bertz CT molecular complexity index is 798. The quantitative estimate of drug-likeness (QED) is 0.294. The Balaban J connectivity index is 1.73. The molecule has 1 saturated heterocycles. The highest BCUT2D eigenvalue weighted by molar-refractivity contribution is 14.1. The predicted octanol–water partition coefficient (Wildman–Crippen LogP) is 3.62. The normalized spacial score (nSPS) is 32.4. The molecule has 1 aromatic carbocycles. The van der Waals surface area contributed by atoms with Crippen LogP contribution in [-0.4, -0.2) is 35.5 Å². The molecule has 4 aliphatic rings. The van der Waals surface area contributed by atoms with Crippen LogP contribution in [0.4, 0.5) is 0 Å². The summed E-state index contributed by atoms with van der Waals surface area (Å²) in [5.74, 6) is 0.538. The van der Waals surface area contributed by atoms with Gasteiger partial charge in [-0.3, -0.25) is 4.79 Å². The lowest BCUT2D eigenvalue weighted by Gasteiger charge is -2.52. The second kappa shape index (κ2) is 5.94. The molecule has 5 nitrogen and oxygen atoms in total. The first-order chi connectivity index (χ1) is 12.6. The van der Waals surface area contributed by atoms with E-state index in [-0.39, 0.29) is 17.5 Å². The van der Waals surface area contributed by atoms with E-state index in [4.69, 9.17) is 18.9 Å². The zero-order valence-corrected chi connectivity index (χ0v) is 16.8. The van der Waals surface area contributed by atoms with Crippen molar-refractivity contribution in [1.82, 2.24) is 0 Å². The number of carbonyl (C=O) groups is 1. The van der Waals surface area contributed by atoms with Crippen molar-refractivity contribution in [3.63, 3.8) is 0 Å². The number of halogens is 1. The molecule has 1 spiro atoms. The van der Waals surface area contributed by atoms with E-state index in [0.717, 1.165) is 29.3 Å². The van der Waals surface area contributed by atoms with Gasteiger partial charge in [-0.25, -0.2) is 0 Å². The van der Waals surface area contributed by atoms with Crippen molar-refractivity contribution in [2.45, 2.75) is 43.5 Å². The fourth-order valence-corrected chi connectivity index (χ4v) is 6.26. The lowest BCUT2D eigenvalue weighted by atomic mass is 9.56. The van der Waals surface area contributed by atoms with Crippen LogP contribution >= 0.6 is 22.6 Å². The van der Waals surface area contributed by atoms with Crippen LogP contribution in [0.5, 0.6) is 11.5 Å². The summed E-state index contributed by atoms with van der Waals surface area (Å²) in [5, 5.41) is 0. The number of rotatable bonds is 3. The molecule has 0 bridgehead atoms. The van der Waals surface area contributed by atoms with Gasteiger partial charge >= 0.3 is 5.97 Å². The van der Waals surface area contributed by atoms with E-state index in [9.17, 15) is 4.79 Å². The van der Waals surface area contributed by atoms with Gasteiger partial charge in [-0.15, -0.1) is 0 Å². The first-order valence-corrected chi connectivity index (χ1v) is 10.7. The average Bonchev–Trinajstić information content (AvgIpc) is 3.21. The van der Waals surface area contributed by atoms with E-state index < -0.39 is 5.79 Å². The maximum Gasteiger partial charge on any atom is 0.308 e. The fourth-order valence-electron chi connectivity index (χ4n) is 5.36. The zero-order chi connectivity index (χ0) is 17.9. The summed E-state index contributed by atoms with van der Waals surface area (Å²) in [5.41, 5.74) is 2.12. The van der Waals surface area contributed by atoms with Crippen LogP contribution in [0.2, 0.25) is 0 Å². The largest absolute Gasteiger partial charge is 0.480 e. The molecule has 0 amide bonds. The van der Waals surface area contributed by atoms with E-state index in [1.165, 1.54) is 12.5 Å². The molecular weight excluding hydrogens is 447 g/mol. The molecule has 2 aliphatic carbocycles. The van der Waals surface area contributed by atoms with E-state index in [0.29, 0.717) is 30.6 Å². The number of allylic oxidation sites excluding steroid dienone is 1. The number of ether oxygens (including phenoxy) is 4. The third kappa shape index (κ3) is 2.12. The number of hydrogen-bond acceptors (Lipinski definition) is 5. The van der Waals surface area contributed by atoms with Gasteiger partial charge in [0.25, 0.3) is 0 Å². The van der Waals surface area contributed by atoms with E-state index in [2.05, 4.69) is 34.7 Å². The lowest BCUT2D eigenvalue weighted by Crippen LogP contribution is -2.62. The Morgan fingerprint density at radius 3 is 2.88 bits per heavy atom. The highest BCUT2D eigenvalue weighted by Crippen LogP contribution is 2.64. The molecule has 1 unspecified atom stereocenters. The second-order valence-electron chi connectivity index (χ2n) is 7.44. The highest BCUT2D eigenvalue weighted by atomic mass is 127. The number of benzene rings is 1. The predicted molar refractivity (Wildman–Crippen MR) is 104 cm³/mol. The van der Waals surface area contributed by atoms with Gasteiger partial charge in [-0.05, 0) is 30.4 Å². The van der Waals surface area contributed by atoms with Gasteiger partial charge < -0.3 is 18.9 Å². The van der Waals surface area contributed by atoms with Crippen LogP contribution in [0.25, 0.3) is 6.08 Å². The maximum atomic E-state index is 11.6. The molecule has 0 N–H and O–H groups in total. The monoisotopic (exact) mass is 468 g/mol. The molecule has 5 rings (SSSR count). The van der Waals surface area contributed by atoms with Gasteiger partial charge in [-0.1, -0.05) is 40.8 Å². The van der Waals surface area contributed by atoms with Gasteiger partial charge in [0.15, 0.2) is 17.6 Å². The molecule has 2 aliphatic heterocycles. The molecule has 26 heavy (non-hydrogen) atoms. The van der Waals surface area contributed by atoms with Crippen molar-refractivity contribution < 1.29 is 23.7 Å². The first-order valence-electron chi connectivity index (χ1n) is 9.15. The molecule has 3 atom stereocenters. The molecule has 6 heteroatoms. The Morgan fingerprint density at radius 2 is 2.15 bits per heavy atom. The van der Waals surface area contributed by atoms with Gasteiger partial charge in [0.05, 0.1) is 13.2 Å². The minimum absolute atomic E-state index is 0.195. The van der Waals surface area contributed by atoms with Crippen molar-refractivity contribution in [2.75, 3.05) is 17.6 Å². The van der Waals surface area contributed by atoms with Crippen molar-refractivity contribution in [3.05, 3.63) is 29.3 Å². The number of esters is 1. The number of hydrogen-bond donors (Lipinski definition) is 0. The summed E-state index contributed by atoms with van der Waals surface area (Å²) < 4.78 is 25.3. The summed E-state index contributed by atoms with van der Waals surface area (Å²) >= 11 is 2.44. The Kier molecular flexibility index (Phi) is 3.89. The van der Waals surface area contributed by atoms with Gasteiger partial charge in [0, 0.05) is 28.8 Å². The molecule has 1 saturated carbocycles. The summed E-state index contributed by atoms with van der Waals surface area (Å²) in [6.07, 6.45) is 7.10. The minimum atomic E-state index is -0.697. The highest BCUT2D eigenvalue weighted by Gasteiger charge is 2.67. The van der Waals surface area contributed by atoms with E-state index in [1.54, 1.807) is 0 Å². The Morgan fingerprint density at radius 1 is 1.35 bits per heavy atom. The molecule has 1 aromatic rings. The molecule has 2 fully saturated rings. The third-order valence-corrected chi connectivity index (χ3v) is 6.77. The summed E-state index contributed by atoms with van der Waals surface area (Å²) in [6, 6.07) is 3.86. The van der Waals surface area contributed by atoms with Crippen LogP contribution in [0, 0.1) is 5.92 Å². The molecule has 2 heterocycles. The number of alkyl halides is 1. The second-order valence-corrected chi connectivity index (χ2v) is 8.52. The van der Waals surface area contributed by atoms with Crippen LogP contribution in [0.15, 0.2) is 18.2 Å². The van der Waals surface area contributed by atoms with Crippen molar-refractivity contribution in [1.29, 1.82) is 0 Å². The maximum absolute atomic E-state index is 11.6. The molecule has 0 aromatic heterocycles. The van der Waals surface area contributed by atoms with Crippen LogP contribution in [-0.2, 0) is 19.7 Å². The number of carbonyl (C=O) groups excluding carboxylic acids is 1. The van der Waals surface area contributed by atoms with Crippen molar-refractivity contribution >= 4 is 34.6 Å². The summed E-state index contributed by atoms with van der Waals surface area (Å²) in [7, 11) is 0. The van der Waals surface area contributed by atoms with Gasteiger partial charge in [0.2, 0.25) is 5.79 Å².